The van der Waals surface area contributed by atoms with Crippen LogP contribution in [0.5, 0.6) is 5.88 Å². The van der Waals surface area contributed by atoms with Crippen molar-refractivity contribution >= 4 is 15.9 Å². The van der Waals surface area contributed by atoms with Crippen molar-refractivity contribution in [2.24, 2.45) is 5.73 Å². The molecule has 19 heavy (non-hydrogen) atoms. The summed E-state index contributed by atoms with van der Waals surface area (Å²) in [6, 6.07) is 1.56. The number of rotatable bonds is 4. The first-order chi connectivity index (χ1) is 9.04. The van der Waals surface area contributed by atoms with E-state index in [0.717, 1.165) is 10.2 Å². The second kappa shape index (κ2) is 5.66. The topological polar surface area (TPSA) is 78.9 Å². The van der Waals surface area contributed by atoms with Gasteiger partial charge in [0, 0.05) is 12.1 Å². The lowest BCUT2D eigenvalue weighted by Gasteiger charge is -2.17. The van der Waals surface area contributed by atoms with E-state index >= 15 is 0 Å². The number of methoxy groups -OCH3 is 1. The summed E-state index contributed by atoms with van der Waals surface area (Å²) in [6.45, 7) is 4.10. The molecule has 0 radical (unpaired) electrons. The summed E-state index contributed by atoms with van der Waals surface area (Å²) < 4.78 is 7.83. The lowest BCUT2D eigenvalue weighted by Crippen LogP contribution is -2.20. The number of hydrogen-bond donors (Lipinski definition) is 1. The van der Waals surface area contributed by atoms with Crippen LogP contribution in [0.25, 0.3) is 0 Å². The molecule has 0 bridgehead atoms. The summed E-state index contributed by atoms with van der Waals surface area (Å²) in [4.78, 5) is 8.19. The van der Waals surface area contributed by atoms with Crippen molar-refractivity contribution in [3.05, 3.63) is 34.5 Å². The minimum absolute atomic E-state index is 0.219. The SMILES string of the molecule is COc1cc(C(N)c2c(Br)cnn2C(C)C)ncn1. The molecule has 2 heterocycles. The second-order valence-electron chi connectivity index (χ2n) is 4.38. The van der Waals surface area contributed by atoms with Crippen LogP contribution in [-0.2, 0) is 0 Å². The van der Waals surface area contributed by atoms with Crippen LogP contribution < -0.4 is 10.5 Å². The van der Waals surface area contributed by atoms with Crippen LogP contribution in [0.2, 0.25) is 0 Å². The predicted octanol–water partition coefficient (Wildman–Crippen LogP) is 2.07. The fraction of sp³-hybridized carbons (Fsp3) is 0.417. The molecule has 7 heteroatoms. The van der Waals surface area contributed by atoms with E-state index in [9.17, 15) is 0 Å². The Morgan fingerprint density at radius 3 is 2.74 bits per heavy atom. The Bertz CT molecular complexity index is 569. The Labute approximate surface area is 120 Å². The van der Waals surface area contributed by atoms with Crippen LogP contribution >= 0.6 is 15.9 Å². The smallest absolute Gasteiger partial charge is 0.216 e. The zero-order valence-electron chi connectivity index (χ0n) is 11.0. The van der Waals surface area contributed by atoms with Crippen LogP contribution in [0.1, 0.15) is 37.3 Å². The fourth-order valence-corrected chi connectivity index (χ4v) is 2.35. The molecular weight excluding hydrogens is 310 g/mol. The molecule has 6 nitrogen and oxygen atoms in total. The summed E-state index contributed by atoms with van der Waals surface area (Å²) in [5, 5.41) is 4.32. The van der Waals surface area contributed by atoms with Crippen molar-refractivity contribution in [2.75, 3.05) is 7.11 Å². The van der Waals surface area contributed by atoms with Gasteiger partial charge in [-0.1, -0.05) is 0 Å². The lowest BCUT2D eigenvalue weighted by molar-refractivity contribution is 0.395. The Morgan fingerprint density at radius 1 is 1.37 bits per heavy atom. The van der Waals surface area contributed by atoms with Gasteiger partial charge in [-0.05, 0) is 29.8 Å². The molecule has 0 amide bonds. The van der Waals surface area contributed by atoms with Gasteiger partial charge in [-0.25, -0.2) is 9.97 Å². The van der Waals surface area contributed by atoms with Gasteiger partial charge in [0.05, 0.1) is 35.2 Å². The highest BCUT2D eigenvalue weighted by atomic mass is 79.9. The molecule has 2 aromatic heterocycles. The quantitative estimate of drug-likeness (QED) is 0.930. The molecule has 1 atom stereocenters. The standard InChI is InChI=1S/C12H16BrN5O/c1-7(2)18-12(8(13)5-17-18)11(14)9-4-10(19-3)16-6-15-9/h4-7,11H,14H2,1-3H3. The fourth-order valence-electron chi connectivity index (χ4n) is 1.83. The first kappa shape index (κ1) is 14.0. The molecule has 0 aliphatic heterocycles. The van der Waals surface area contributed by atoms with Crippen LogP contribution in [0.3, 0.4) is 0 Å². The van der Waals surface area contributed by atoms with Crippen LogP contribution in [0.15, 0.2) is 23.1 Å². The molecule has 0 saturated heterocycles. The van der Waals surface area contributed by atoms with E-state index in [1.54, 1.807) is 19.4 Å². The Morgan fingerprint density at radius 2 is 2.11 bits per heavy atom. The molecular formula is C12H16BrN5O. The maximum Gasteiger partial charge on any atom is 0.216 e. The number of hydrogen-bond acceptors (Lipinski definition) is 5. The van der Waals surface area contributed by atoms with Crippen molar-refractivity contribution in [3.63, 3.8) is 0 Å². The van der Waals surface area contributed by atoms with E-state index < -0.39 is 6.04 Å². The number of ether oxygens (including phenoxy) is 1. The summed E-state index contributed by atoms with van der Waals surface area (Å²) in [5.74, 6) is 0.493. The Balaban J connectivity index is 2.43. The van der Waals surface area contributed by atoms with Gasteiger partial charge in [-0.2, -0.15) is 5.10 Å². The van der Waals surface area contributed by atoms with Crippen molar-refractivity contribution in [3.8, 4) is 5.88 Å². The minimum Gasteiger partial charge on any atom is -0.481 e. The number of aromatic nitrogens is 4. The molecule has 0 aromatic carbocycles. The molecule has 1 unspecified atom stereocenters. The zero-order valence-corrected chi connectivity index (χ0v) is 12.6. The third-order valence-electron chi connectivity index (χ3n) is 2.76. The van der Waals surface area contributed by atoms with Gasteiger partial charge in [-0.15, -0.1) is 0 Å². The summed E-state index contributed by atoms with van der Waals surface area (Å²) in [6.07, 6.45) is 3.19. The molecule has 2 rings (SSSR count). The van der Waals surface area contributed by atoms with E-state index in [2.05, 4.69) is 44.8 Å². The van der Waals surface area contributed by atoms with Crippen LogP contribution in [0, 0.1) is 0 Å². The predicted molar refractivity (Wildman–Crippen MR) is 74.9 cm³/mol. The molecule has 0 aliphatic rings. The normalized spacial score (nSPS) is 12.7. The maximum absolute atomic E-state index is 6.29. The van der Waals surface area contributed by atoms with Crippen molar-refractivity contribution in [1.29, 1.82) is 0 Å². The van der Waals surface area contributed by atoms with Gasteiger partial charge in [0.25, 0.3) is 0 Å². The Hall–Kier alpha value is -1.47. The van der Waals surface area contributed by atoms with E-state index in [4.69, 9.17) is 10.5 Å². The molecule has 0 spiro atoms. The summed E-state index contributed by atoms with van der Waals surface area (Å²) in [5.41, 5.74) is 7.86. The highest BCUT2D eigenvalue weighted by molar-refractivity contribution is 9.10. The first-order valence-corrected chi connectivity index (χ1v) is 6.68. The van der Waals surface area contributed by atoms with Gasteiger partial charge in [0.2, 0.25) is 5.88 Å². The van der Waals surface area contributed by atoms with Crippen LogP contribution in [-0.4, -0.2) is 26.9 Å². The summed E-state index contributed by atoms with van der Waals surface area (Å²) >= 11 is 3.48. The molecule has 2 aromatic rings. The second-order valence-corrected chi connectivity index (χ2v) is 5.23. The largest absolute Gasteiger partial charge is 0.481 e. The molecule has 0 fully saturated rings. The average molecular weight is 326 g/mol. The van der Waals surface area contributed by atoms with E-state index in [-0.39, 0.29) is 6.04 Å². The van der Waals surface area contributed by atoms with Crippen LogP contribution in [0.4, 0.5) is 0 Å². The van der Waals surface area contributed by atoms with Gasteiger partial charge < -0.3 is 10.5 Å². The third-order valence-corrected chi connectivity index (χ3v) is 3.37. The van der Waals surface area contributed by atoms with Crippen molar-refractivity contribution in [2.45, 2.75) is 25.9 Å². The highest BCUT2D eigenvalue weighted by Crippen LogP contribution is 2.28. The molecule has 0 aliphatic carbocycles. The number of nitrogens with two attached hydrogens (primary N) is 1. The van der Waals surface area contributed by atoms with E-state index in [0.29, 0.717) is 11.6 Å². The summed E-state index contributed by atoms with van der Waals surface area (Å²) in [7, 11) is 1.56. The molecule has 0 saturated carbocycles. The minimum atomic E-state index is -0.392. The van der Waals surface area contributed by atoms with Gasteiger partial charge in [0.1, 0.15) is 6.33 Å². The maximum atomic E-state index is 6.29. The van der Waals surface area contributed by atoms with E-state index in [1.165, 1.54) is 6.33 Å². The van der Waals surface area contributed by atoms with Gasteiger partial charge >= 0.3 is 0 Å². The van der Waals surface area contributed by atoms with Gasteiger partial charge in [-0.3, -0.25) is 4.68 Å². The third kappa shape index (κ3) is 2.76. The van der Waals surface area contributed by atoms with Crippen molar-refractivity contribution < 1.29 is 4.74 Å². The Kier molecular flexibility index (Phi) is 4.16. The number of nitrogens with zero attached hydrogens (tertiary/aromatic N) is 4. The van der Waals surface area contributed by atoms with E-state index in [1.807, 2.05) is 4.68 Å². The average Bonchev–Trinajstić information content (AvgIpc) is 2.80. The number of halogens is 1. The molecule has 2 N–H and O–H groups in total. The first-order valence-electron chi connectivity index (χ1n) is 5.89. The lowest BCUT2D eigenvalue weighted by atomic mass is 10.1. The van der Waals surface area contributed by atoms with Gasteiger partial charge in [0.15, 0.2) is 0 Å². The monoisotopic (exact) mass is 325 g/mol. The highest BCUT2D eigenvalue weighted by Gasteiger charge is 2.21. The van der Waals surface area contributed by atoms with Crippen molar-refractivity contribution in [1.82, 2.24) is 19.7 Å². The zero-order chi connectivity index (χ0) is 14.0. The molecule has 102 valence electrons.